The van der Waals surface area contributed by atoms with Crippen molar-refractivity contribution in [3.63, 3.8) is 0 Å². The van der Waals surface area contributed by atoms with Crippen LogP contribution < -0.4 is 4.74 Å². The highest BCUT2D eigenvalue weighted by atomic mass is 32.1. The lowest BCUT2D eigenvalue weighted by molar-refractivity contribution is 0.00522. The Morgan fingerprint density at radius 1 is 1.15 bits per heavy atom. The molecule has 0 aliphatic heterocycles. The summed E-state index contributed by atoms with van der Waals surface area (Å²) in [6, 6.07) is 7.79. The van der Waals surface area contributed by atoms with Crippen LogP contribution in [0.2, 0.25) is 0 Å². The van der Waals surface area contributed by atoms with Crippen molar-refractivity contribution in [3.8, 4) is 5.75 Å². The average molecular weight is 392 g/mol. The molecule has 0 amide bonds. The van der Waals surface area contributed by atoms with Crippen molar-refractivity contribution in [1.29, 1.82) is 0 Å². The fourth-order valence-electron chi connectivity index (χ4n) is 2.86. The molecule has 27 heavy (non-hydrogen) atoms. The van der Waals surface area contributed by atoms with E-state index in [2.05, 4.69) is 13.2 Å². The summed E-state index contributed by atoms with van der Waals surface area (Å²) in [4.78, 5) is 2.87. The van der Waals surface area contributed by atoms with Gasteiger partial charge in [-0.05, 0) is 23.6 Å². The van der Waals surface area contributed by atoms with E-state index in [9.17, 15) is 5.11 Å². The predicted octanol–water partition coefficient (Wildman–Crippen LogP) is 4.24. The lowest BCUT2D eigenvalue weighted by atomic mass is 9.91. The molecule has 5 heteroatoms. The molecule has 0 aliphatic rings. The van der Waals surface area contributed by atoms with Crippen LogP contribution in [-0.2, 0) is 11.3 Å². The minimum absolute atomic E-state index is 0.0216. The van der Waals surface area contributed by atoms with Gasteiger partial charge in [0.15, 0.2) is 0 Å². The van der Waals surface area contributed by atoms with Crippen LogP contribution in [0.1, 0.15) is 25.8 Å². The van der Waals surface area contributed by atoms with E-state index in [0.717, 1.165) is 16.3 Å². The largest absolute Gasteiger partial charge is 0.497 e. The van der Waals surface area contributed by atoms with Gasteiger partial charge < -0.3 is 19.5 Å². The number of thiocarbonyl (C=S) groups is 1. The molecule has 0 unspecified atom stereocenters. The van der Waals surface area contributed by atoms with Crippen molar-refractivity contribution in [3.05, 3.63) is 55.1 Å². The Balaban J connectivity index is 2.43. The van der Waals surface area contributed by atoms with Crippen molar-refractivity contribution in [1.82, 2.24) is 4.90 Å². The maximum Gasteiger partial charge on any atom is 0.118 e. The molecule has 0 bridgehead atoms. The molecule has 0 saturated carbocycles. The first-order valence-electron chi connectivity index (χ1n) is 9.31. The number of benzene rings is 1. The molecule has 0 radical (unpaired) electrons. The van der Waals surface area contributed by atoms with Crippen molar-refractivity contribution < 1.29 is 14.6 Å². The smallest absolute Gasteiger partial charge is 0.118 e. The molecule has 0 saturated heterocycles. The second-order valence-electron chi connectivity index (χ2n) is 6.89. The van der Waals surface area contributed by atoms with Crippen LogP contribution in [0.3, 0.4) is 0 Å². The molecule has 1 N–H and O–H groups in total. The van der Waals surface area contributed by atoms with Gasteiger partial charge in [-0.1, -0.05) is 50.4 Å². The zero-order chi connectivity index (χ0) is 20.2. The minimum atomic E-state index is -0.479. The van der Waals surface area contributed by atoms with E-state index in [0.29, 0.717) is 32.7 Å². The van der Waals surface area contributed by atoms with E-state index < -0.39 is 6.10 Å². The first-order chi connectivity index (χ1) is 12.9. The van der Waals surface area contributed by atoms with Gasteiger partial charge in [-0.15, -0.1) is 13.2 Å². The zero-order valence-corrected chi connectivity index (χ0v) is 17.6. The summed E-state index contributed by atoms with van der Waals surface area (Å²) < 4.78 is 10.9. The molecular formula is C22H33NO3S. The first kappa shape index (κ1) is 23.3. The fraction of sp³-hybridized carbons (Fsp3) is 0.500. The molecule has 0 spiro atoms. The number of nitrogens with zero attached hydrogens (tertiary/aromatic N) is 1. The molecule has 4 nitrogen and oxygen atoms in total. The second-order valence-corrected chi connectivity index (χ2v) is 7.36. The molecule has 0 aromatic heterocycles. The zero-order valence-electron chi connectivity index (χ0n) is 16.8. The van der Waals surface area contributed by atoms with Crippen LogP contribution in [0.15, 0.2) is 49.6 Å². The highest BCUT2D eigenvalue weighted by Crippen LogP contribution is 2.19. The fourth-order valence-corrected chi connectivity index (χ4v) is 3.27. The maximum atomic E-state index is 10.6. The number of aliphatic hydroxyl groups excluding tert-OH is 1. The van der Waals surface area contributed by atoms with Gasteiger partial charge >= 0.3 is 0 Å². The van der Waals surface area contributed by atoms with E-state index >= 15 is 0 Å². The van der Waals surface area contributed by atoms with Crippen molar-refractivity contribution in [2.75, 3.05) is 26.8 Å². The van der Waals surface area contributed by atoms with Crippen LogP contribution >= 0.6 is 12.2 Å². The van der Waals surface area contributed by atoms with E-state index in [1.165, 1.54) is 0 Å². The summed E-state index contributed by atoms with van der Waals surface area (Å²) in [6.07, 6.45) is 3.83. The second kappa shape index (κ2) is 12.7. The molecule has 0 heterocycles. The van der Waals surface area contributed by atoms with Crippen LogP contribution in [0, 0.1) is 11.8 Å². The number of ether oxygens (including phenoxy) is 2. The Morgan fingerprint density at radius 2 is 1.74 bits per heavy atom. The number of hydrogen-bond donors (Lipinski definition) is 1. The summed E-state index contributed by atoms with van der Waals surface area (Å²) in [6.45, 7) is 13.9. The topological polar surface area (TPSA) is 41.9 Å². The Hall–Kier alpha value is -1.69. The van der Waals surface area contributed by atoms with E-state index in [4.69, 9.17) is 21.7 Å². The highest BCUT2D eigenvalue weighted by molar-refractivity contribution is 7.80. The summed E-state index contributed by atoms with van der Waals surface area (Å²) >= 11 is 5.54. The number of rotatable bonds is 13. The van der Waals surface area contributed by atoms with E-state index in [1.807, 2.05) is 55.2 Å². The SMILES string of the molecule is C=CCN(CC=C)C(=S)C[C@@H](C)[C@H](O)[C@H](C)COCc1ccc(OC)cc1. The highest BCUT2D eigenvalue weighted by Gasteiger charge is 2.23. The molecule has 1 rings (SSSR count). The van der Waals surface area contributed by atoms with Gasteiger partial charge in [0, 0.05) is 25.4 Å². The quantitative estimate of drug-likeness (QED) is 0.402. The summed E-state index contributed by atoms with van der Waals surface area (Å²) in [5.41, 5.74) is 1.08. The number of aliphatic hydroxyl groups is 1. The number of hydrogen-bond acceptors (Lipinski definition) is 4. The third-order valence-corrected chi connectivity index (χ3v) is 4.95. The molecule has 0 fully saturated rings. The van der Waals surface area contributed by atoms with Gasteiger partial charge in [0.2, 0.25) is 0 Å². The summed E-state index contributed by atoms with van der Waals surface area (Å²) in [5.74, 6) is 0.900. The lowest BCUT2D eigenvalue weighted by Crippen LogP contribution is -2.35. The van der Waals surface area contributed by atoms with E-state index in [-0.39, 0.29) is 11.8 Å². The van der Waals surface area contributed by atoms with Crippen molar-refractivity contribution in [2.24, 2.45) is 11.8 Å². The van der Waals surface area contributed by atoms with Crippen molar-refractivity contribution in [2.45, 2.75) is 33.0 Å². The first-order valence-corrected chi connectivity index (χ1v) is 9.72. The van der Waals surface area contributed by atoms with Gasteiger partial charge in [0.1, 0.15) is 5.75 Å². The van der Waals surface area contributed by atoms with Crippen LogP contribution in [0.25, 0.3) is 0 Å². The molecule has 0 aliphatic carbocycles. The average Bonchev–Trinajstić information content (AvgIpc) is 2.67. The molecule has 3 atom stereocenters. The van der Waals surface area contributed by atoms with Crippen molar-refractivity contribution >= 4 is 17.2 Å². The third kappa shape index (κ3) is 8.24. The van der Waals surface area contributed by atoms with Crippen LogP contribution in [0.4, 0.5) is 0 Å². The Morgan fingerprint density at radius 3 is 2.26 bits per heavy atom. The normalized spacial score (nSPS) is 14.1. The lowest BCUT2D eigenvalue weighted by Gasteiger charge is -2.29. The minimum Gasteiger partial charge on any atom is -0.497 e. The van der Waals surface area contributed by atoms with Gasteiger partial charge in [0.25, 0.3) is 0 Å². The predicted molar refractivity (Wildman–Crippen MR) is 116 cm³/mol. The van der Waals surface area contributed by atoms with Gasteiger partial charge in [-0.25, -0.2) is 0 Å². The van der Waals surface area contributed by atoms with Gasteiger partial charge in [0.05, 0.1) is 31.4 Å². The summed E-state index contributed by atoms with van der Waals surface area (Å²) in [5, 5.41) is 10.6. The maximum absolute atomic E-state index is 10.6. The monoisotopic (exact) mass is 391 g/mol. The van der Waals surface area contributed by atoms with Crippen LogP contribution in [-0.4, -0.2) is 47.9 Å². The Kier molecular flexibility index (Phi) is 10.9. The third-order valence-electron chi connectivity index (χ3n) is 4.52. The Labute approximate surface area is 169 Å². The van der Waals surface area contributed by atoms with Gasteiger partial charge in [-0.2, -0.15) is 0 Å². The number of methoxy groups -OCH3 is 1. The van der Waals surface area contributed by atoms with E-state index in [1.54, 1.807) is 7.11 Å². The standard InChI is InChI=1S/C22H33NO3S/c1-6-12-23(13-7-2)21(27)14-17(3)22(24)18(4)15-26-16-19-8-10-20(25-5)11-9-19/h6-11,17-18,22,24H,1-2,12-16H2,3-5H3/t17-,18-,22+/m1/s1. The summed E-state index contributed by atoms with van der Waals surface area (Å²) in [7, 11) is 1.65. The molecular weight excluding hydrogens is 358 g/mol. The molecule has 150 valence electrons. The van der Waals surface area contributed by atoms with Gasteiger partial charge in [-0.3, -0.25) is 0 Å². The molecule has 1 aromatic carbocycles. The Bertz CT molecular complexity index is 578. The molecule has 1 aromatic rings. The van der Waals surface area contributed by atoms with Crippen LogP contribution in [0.5, 0.6) is 5.75 Å².